The van der Waals surface area contributed by atoms with E-state index < -0.39 is 0 Å². The molecule has 3 atom stereocenters. The third kappa shape index (κ3) is 2.26. The van der Waals surface area contributed by atoms with Crippen LogP contribution >= 0.6 is 0 Å². The quantitative estimate of drug-likeness (QED) is 0.902. The Hall–Kier alpha value is -1.41. The Morgan fingerprint density at radius 1 is 1.14 bits per heavy atom. The van der Waals surface area contributed by atoms with Gasteiger partial charge in [-0.25, -0.2) is 0 Å². The molecule has 2 heteroatoms. The van der Waals surface area contributed by atoms with Crippen molar-refractivity contribution in [3.63, 3.8) is 0 Å². The van der Waals surface area contributed by atoms with Gasteiger partial charge in [-0.05, 0) is 48.1 Å². The van der Waals surface area contributed by atoms with E-state index in [1.165, 1.54) is 42.0 Å². The topological polar surface area (TPSA) is 24.9 Å². The molecule has 2 aliphatic carbocycles. The van der Waals surface area contributed by atoms with Crippen LogP contribution in [0.15, 0.2) is 36.7 Å². The first-order valence-electron chi connectivity index (χ1n) is 8.46. The SMILES string of the molecule is CCNC(c1cncc2ccccc12)C1C2CCCCC21. The van der Waals surface area contributed by atoms with Crippen molar-refractivity contribution in [2.75, 3.05) is 6.54 Å². The molecule has 2 aliphatic rings. The maximum Gasteiger partial charge on any atom is 0.0375 e. The van der Waals surface area contributed by atoms with Crippen molar-refractivity contribution in [2.45, 2.75) is 38.6 Å². The van der Waals surface area contributed by atoms with E-state index in [9.17, 15) is 0 Å². The summed E-state index contributed by atoms with van der Waals surface area (Å²) in [6, 6.07) is 9.17. The van der Waals surface area contributed by atoms with Gasteiger partial charge in [-0.1, -0.05) is 44.0 Å². The van der Waals surface area contributed by atoms with Crippen LogP contribution in [0.1, 0.15) is 44.2 Å². The van der Waals surface area contributed by atoms with Crippen LogP contribution in [0.3, 0.4) is 0 Å². The lowest BCUT2D eigenvalue weighted by molar-refractivity contribution is 0.458. The number of nitrogens with one attached hydrogen (secondary N) is 1. The lowest BCUT2D eigenvalue weighted by Gasteiger charge is -2.20. The van der Waals surface area contributed by atoms with Crippen molar-refractivity contribution in [2.24, 2.45) is 17.8 Å². The molecule has 21 heavy (non-hydrogen) atoms. The maximum atomic E-state index is 4.50. The molecule has 4 rings (SSSR count). The number of hydrogen-bond donors (Lipinski definition) is 1. The third-order valence-electron chi connectivity index (χ3n) is 5.57. The molecule has 0 aliphatic heterocycles. The van der Waals surface area contributed by atoms with E-state index >= 15 is 0 Å². The van der Waals surface area contributed by atoms with Crippen LogP contribution in [0.5, 0.6) is 0 Å². The summed E-state index contributed by atoms with van der Waals surface area (Å²) < 4.78 is 0. The first-order valence-corrected chi connectivity index (χ1v) is 8.46. The van der Waals surface area contributed by atoms with Crippen LogP contribution in [0, 0.1) is 17.8 Å². The fraction of sp³-hybridized carbons (Fsp3) is 0.526. The second-order valence-corrected chi connectivity index (χ2v) is 6.67. The van der Waals surface area contributed by atoms with E-state index in [4.69, 9.17) is 0 Å². The largest absolute Gasteiger partial charge is 0.310 e. The van der Waals surface area contributed by atoms with Gasteiger partial charge in [0, 0.05) is 23.8 Å². The number of nitrogens with zero attached hydrogens (tertiary/aromatic N) is 1. The zero-order chi connectivity index (χ0) is 14.2. The van der Waals surface area contributed by atoms with Crippen molar-refractivity contribution in [3.8, 4) is 0 Å². The van der Waals surface area contributed by atoms with Gasteiger partial charge in [0.25, 0.3) is 0 Å². The molecule has 3 unspecified atom stereocenters. The Labute approximate surface area is 127 Å². The highest BCUT2D eigenvalue weighted by atomic mass is 14.9. The molecule has 110 valence electrons. The Kier molecular flexibility index (Phi) is 3.42. The number of fused-ring (bicyclic) bond motifs is 2. The maximum absolute atomic E-state index is 4.50. The molecule has 0 radical (unpaired) electrons. The van der Waals surface area contributed by atoms with Crippen LogP contribution in [0.4, 0.5) is 0 Å². The van der Waals surface area contributed by atoms with Gasteiger partial charge in [0.05, 0.1) is 0 Å². The molecule has 1 aromatic heterocycles. The Morgan fingerprint density at radius 2 is 1.90 bits per heavy atom. The molecule has 1 N–H and O–H groups in total. The van der Waals surface area contributed by atoms with Gasteiger partial charge in [0.15, 0.2) is 0 Å². The van der Waals surface area contributed by atoms with Gasteiger partial charge in [-0.2, -0.15) is 0 Å². The smallest absolute Gasteiger partial charge is 0.0375 e. The highest BCUT2D eigenvalue weighted by Crippen LogP contribution is 2.60. The van der Waals surface area contributed by atoms with Crippen LogP contribution < -0.4 is 5.32 Å². The number of hydrogen-bond acceptors (Lipinski definition) is 2. The summed E-state index contributed by atoms with van der Waals surface area (Å²) in [4.78, 5) is 4.50. The molecule has 0 bridgehead atoms. The summed E-state index contributed by atoms with van der Waals surface area (Å²) in [6.45, 7) is 3.25. The molecular formula is C19H24N2. The normalized spacial score (nSPS) is 29.1. The van der Waals surface area contributed by atoms with Crippen LogP contribution in [-0.2, 0) is 0 Å². The van der Waals surface area contributed by atoms with Gasteiger partial charge < -0.3 is 5.32 Å². The minimum atomic E-state index is 0.488. The van der Waals surface area contributed by atoms with Crippen LogP contribution in [0.25, 0.3) is 10.8 Å². The molecule has 2 nitrogen and oxygen atoms in total. The predicted octanol–water partition coefficient (Wildman–Crippen LogP) is 4.32. The van der Waals surface area contributed by atoms with Crippen molar-refractivity contribution in [1.82, 2.24) is 10.3 Å². The van der Waals surface area contributed by atoms with E-state index in [0.717, 1.165) is 24.3 Å². The molecule has 0 spiro atoms. The Balaban J connectivity index is 1.73. The third-order valence-corrected chi connectivity index (χ3v) is 5.57. The summed E-state index contributed by atoms with van der Waals surface area (Å²) in [5.41, 5.74) is 1.41. The minimum absolute atomic E-state index is 0.488. The molecule has 0 saturated heterocycles. The first-order chi connectivity index (χ1) is 10.4. The second-order valence-electron chi connectivity index (χ2n) is 6.67. The molecule has 1 heterocycles. The Morgan fingerprint density at radius 3 is 2.67 bits per heavy atom. The highest BCUT2D eigenvalue weighted by Gasteiger charge is 2.54. The molecule has 1 aromatic carbocycles. The zero-order valence-corrected chi connectivity index (χ0v) is 12.8. The first kappa shape index (κ1) is 13.3. The molecule has 2 fully saturated rings. The van der Waals surface area contributed by atoms with Crippen molar-refractivity contribution in [1.29, 1.82) is 0 Å². The zero-order valence-electron chi connectivity index (χ0n) is 12.8. The van der Waals surface area contributed by atoms with Gasteiger partial charge >= 0.3 is 0 Å². The van der Waals surface area contributed by atoms with Crippen molar-refractivity contribution < 1.29 is 0 Å². The number of benzene rings is 1. The molecule has 2 saturated carbocycles. The molecule has 2 aromatic rings. The Bertz CT molecular complexity index is 619. The van der Waals surface area contributed by atoms with Crippen molar-refractivity contribution >= 4 is 10.8 Å². The van der Waals surface area contributed by atoms with E-state index in [1.807, 2.05) is 6.20 Å². The van der Waals surface area contributed by atoms with E-state index in [2.05, 4.69) is 47.7 Å². The van der Waals surface area contributed by atoms with Gasteiger partial charge in [-0.15, -0.1) is 0 Å². The lowest BCUT2D eigenvalue weighted by Crippen LogP contribution is -2.24. The summed E-state index contributed by atoms with van der Waals surface area (Å²) >= 11 is 0. The summed E-state index contributed by atoms with van der Waals surface area (Å²) in [7, 11) is 0. The average molecular weight is 280 g/mol. The number of pyridine rings is 1. The lowest BCUT2D eigenvalue weighted by atomic mass is 9.96. The van der Waals surface area contributed by atoms with Gasteiger partial charge in [-0.3, -0.25) is 4.98 Å². The monoisotopic (exact) mass is 280 g/mol. The summed E-state index contributed by atoms with van der Waals surface area (Å²) in [5.74, 6) is 2.75. The number of aromatic nitrogens is 1. The van der Waals surface area contributed by atoms with E-state index in [-0.39, 0.29) is 0 Å². The van der Waals surface area contributed by atoms with E-state index in [0.29, 0.717) is 6.04 Å². The fourth-order valence-corrected chi connectivity index (χ4v) is 4.60. The fourth-order valence-electron chi connectivity index (χ4n) is 4.60. The van der Waals surface area contributed by atoms with Gasteiger partial charge in [0.2, 0.25) is 0 Å². The standard InChI is InChI=1S/C19H24N2/c1-2-21-19(18-15-9-5-6-10-16(15)18)17-12-20-11-13-7-3-4-8-14(13)17/h3-4,7-8,11-12,15-16,18-19,21H,2,5-6,9-10H2,1H3. The second kappa shape index (κ2) is 5.42. The van der Waals surface area contributed by atoms with Crippen LogP contribution in [0.2, 0.25) is 0 Å². The van der Waals surface area contributed by atoms with E-state index in [1.54, 1.807) is 0 Å². The average Bonchev–Trinajstić information content (AvgIpc) is 3.26. The molecule has 0 amide bonds. The minimum Gasteiger partial charge on any atom is -0.310 e. The highest BCUT2D eigenvalue weighted by molar-refractivity contribution is 5.85. The molecular weight excluding hydrogens is 256 g/mol. The number of rotatable bonds is 4. The van der Waals surface area contributed by atoms with Crippen LogP contribution in [-0.4, -0.2) is 11.5 Å². The predicted molar refractivity (Wildman–Crippen MR) is 87.1 cm³/mol. The van der Waals surface area contributed by atoms with Crippen molar-refractivity contribution in [3.05, 3.63) is 42.2 Å². The summed E-state index contributed by atoms with van der Waals surface area (Å²) in [5, 5.41) is 6.41. The summed E-state index contributed by atoms with van der Waals surface area (Å²) in [6.07, 6.45) is 9.83. The van der Waals surface area contributed by atoms with Gasteiger partial charge in [0.1, 0.15) is 0 Å².